The van der Waals surface area contributed by atoms with E-state index in [9.17, 15) is 0 Å². The van der Waals surface area contributed by atoms with E-state index in [1.807, 2.05) is 0 Å². The van der Waals surface area contributed by atoms with Crippen LogP contribution < -0.4 is 0 Å². The summed E-state index contributed by atoms with van der Waals surface area (Å²) in [4.78, 5) is 0. The summed E-state index contributed by atoms with van der Waals surface area (Å²) in [6.07, 6.45) is 7.39. The first-order valence-corrected chi connectivity index (χ1v) is 9.05. The molecule has 18 heavy (non-hydrogen) atoms. The third-order valence-electron chi connectivity index (χ3n) is 3.09. The normalized spacial score (nSPS) is 17.6. The molecule has 96 valence electrons. The SMILES string of the molecule is CCC/C=C1\[Te]C(C(C)(C)C)=Cc2ccccc21. The van der Waals surface area contributed by atoms with E-state index in [0.29, 0.717) is 5.41 Å². The van der Waals surface area contributed by atoms with Gasteiger partial charge in [0, 0.05) is 0 Å². The summed E-state index contributed by atoms with van der Waals surface area (Å²) < 4.78 is 3.32. The van der Waals surface area contributed by atoms with Gasteiger partial charge in [0.1, 0.15) is 0 Å². The summed E-state index contributed by atoms with van der Waals surface area (Å²) in [7, 11) is 0. The molecule has 1 heterocycles. The Morgan fingerprint density at radius 1 is 1.17 bits per heavy atom. The number of benzene rings is 1. The van der Waals surface area contributed by atoms with Crippen LogP contribution in [0, 0.1) is 5.41 Å². The maximum atomic E-state index is 2.49. The van der Waals surface area contributed by atoms with E-state index in [4.69, 9.17) is 0 Å². The second-order valence-corrected chi connectivity index (χ2v) is 8.90. The Kier molecular flexibility index (Phi) is 4.36. The van der Waals surface area contributed by atoms with Crippen molar-refractivity contribution in [3.63, 3.8) is 0 Å². The average Bonchev–Trinajstić information content (AvgIpc) is 2.34. The standard InChI is InChI=1S/C17H22Te/c1-5-6-11-15-14-10-8-7-9-13(14)12-16(18-15)17(2,3)4/h7-12H,5-6H2,1-4H3/b15-11-. The van der Waals surface area contributed by atoms with E-state index < -0.39 is 0 Å². The van der Waals surface area contributed by atoms with Crippen molar-refractivity contribution in [3.05, 3.63) is 45.1 Å². The van der Waals surface area contributed by atoms with Crippen LogP contribution in [0.25, 0.3) is 9.70 Å². The monoisotopic (exact) mass is 356 g/mol. The van der Waals surface area contributed by atoms with E-state index in [2.05, 4.69) is 64.1 Å². The first kappa shape index (κ1) is 13.9. The molecule has 1 heteroatoms. The van der Waals surface area contributed by atoms with E-state index in [1.54, 1.807) is 7.24 Å². The molecule has 0 unspecified atom stereocenters. The fourth-order valence-electron chi connectivity index (χ4n) is 1.99. The van der Waals surface area contributed by atoms with Crippen LogP contribution in [0.2, 0.25) is 0 Å². The van der Waals surface area contributed by atoms with Crippen molar-refractivity contribution in [2.24, 2.45) is 5.41 Å². The van der Waals surface area contributed by atoms with Gasteiger partial charge in [0.2, 0.25) is 0 Å². The van der Waals surface area contributed by atoms with Crippen molar-refractivity contribution in [1.82, 2.24) is 0 Å². The molecule has 0 saturated heterocycles. The Hall–Kier alpha value is -0.510. The minimum atomic E-state index is -0.186. The molecule has 1 aromatic rings. The van der Waals surface area contributed by atoms with E-state index in [0.717, 1.165) is 0 Å². The average molecular weight is 354 g/mol. The molecule has 1 aliphatic rings. The van der Waals surface area contributed by atoms with Gasteiger partial charge in [0.15, 0.2) is 0 Å². The quantitative estimate of drug-likeness (QED) is 0.661. The predicted molar refractivity (Wildman–Crippen MR) is 82.5 cm³/mol. The molecule has 1 aromatic carbocycles. The second kappa shape index (κ2) is 5.64. The Labute approximate surface area is 121 Å². The maximum absolute atomic E-state index is 2.49. The first-order chi connectivity index (χ1) is 8.52. The molecular weight excluding hydrogens is 332 g/mol. The van der Waals surface area contributed by atoms with Crippen molar-refractivity contribution in [2.45, 2.75) is 40.5 Å². The summed E-state index contributed by atoms with van der Waals surface area (Å²) in [5.74, 6) is 0. The molecule has 0 bridgehead atoms. The van der Waals surface area contributed by atoms with E-state index >= 15 is 0 Å². The predicted octanol–water partition coefficient (Wildman–Crippen LogP) is 4.93. The first-order valence-electron chi connectivity index (χ1n) is 6.72. The zero-order valence-electron chi connectivity index (χ0n) is 11.8. The molecule has 0 amide bonds. The van der Waals surface area contributed by atoms with Crippen LogP contribution in [0.5, 0.6) is 0 Å². The van der Waals surface area contributed by atoms with Crippen LogP contribution in [0.3, 0.4) is 0 Å². The molecule has 1 aliphatic heterocycles. The van der Waals surface area contributed by atoms with Crippen molar-refractivity contribution in [2.75, 3.05) is 0 Å². The van der Waals surface area contributed by atoms with Gasteiger partial charge in [-0.1, -0.05) is 0 Å². The van der Waals surface area contributed by atoms with Gasteiger partial charge in [-0.05, 0) is 0 Å². The number of unbranched alkanes of at least 4 members (excludes halogenated alkanes) is 1. The Morgan fingerprint density at radius 2 is 1.89 bits per heavy atom. The minimum absolute atomic E-state index is 0.186. The molecule has 0 spiro atoms. The Balaban J connectivity index is 2.46. The summed E-state index contributed by atoms with van der Waals surface area (Å²) in [6.45, 7) is 9.28. The molecule has 0 radical (unpaired) electrons. The molecule has 0 saturated carbocycles. The van der Waals surface area contributed by atoms with Crippen LogP contribution in [-0.2, 0) is 0 Å². The van der Waals surface area contributed by atoms with Crippen LogP contribution in [0.4, 0.5) is 0 Å². The molecule has 0 N–H and O–H groups in total. The third kappa shape index (κ3) is 3.08. The number of hydrogen-bond acceptors (Lipinski definition) is 0. The van der Waals surface area contributed by atoms with Crippen molar-refractivity contribution in [1.29, 1.82) is 0 Å². The Bertz CT molecular complexity index is 487. The topological polar surface area (TPSA) is 0 Å². The zero-order valence-corrected chi connectivity index (χ0v) is 14.1. The van der Waals surface area contributed by atoms with E-state index in [-0.39, 0.29) is 20.9 Å². The fraction of sp³-hybridized carbons (Fsp3) is 0.412. The number of allylic oxidation sites excluding steroid dienone is 2. The molecule has 0 aliphatic carbocycles. The van der Waals surface area contributed by atoms with Gasteiger partial charge >= 0.3 is 122 Å². The summed E-state index contributed by atoms with van der Waals surface area (Å²) in [5.41, 5.74) is 3.23. The zero-order chi connectivity index (χ0) is 13.2. The third-order valence-corrected chi connectivity index (χ3v) is 7.53. The van der Waals surface area contributed by atoms with Gasteiger partial charge in [-0.3, -0.25) is 0 Å². The molecule has 0 fully saturated rings. The molecular formula is C17H22Te. The van der Waals surface area contributed by atoms with Crippen LogP contribution in [0.1, 0.15) is 51.7 Å². The number of rotatable bonds is 2. The fourth-order valence-corrected chi connectivity index (χ4v) is 5.49. The van der Waals surface area contributed by atoms with E-state index in [1.165, 1.54) is 24.0 Å². The summed E-state index contributed by atoms with van der Waals surface area (Å²) in [5, 5.41) is 0. The van der Waals surface area contributed by atoms with Gasteiger partial charge in [-0.2, -0.15) is 0 Å². The van der Waals surface area contributed by atoms with Gasteiger partial charge in [-0.15, -0.1) is 0 Å². The molecule has 0 aromatic heterocycles. The van der Waals surface area contributed by atoms with Crippen molar-refractivity contribution < 1.29 is 0 Å². The second-order valence-electron chi connectivity index (χ2n) is 5.80. The number of fused-ring (bicyclic) bond motifs is 1. The van der Waals surface area contributed by atoms with Crippen LogP contribution in [0.15, 0.2) is 34.0 Å². The summed E-state index contributed by atoms with van der Waals surface area (Å²) >= 11 is -0.186. The molecule has 2 rings (SSSR count). The summed E-state index contributed by atoms with van der Waals surface area (Å²) in [6, 6.07) is 8.87. The molecule has 0 atom stereocenters. The van der Waals surface area contributed by atoms with Gasteiger partial charge in [-0.25, -0.2) is 0 Å². The Morgan fingerprint density at radius 3 is 2.56 bits per heavy atom. The van der Waals surface area contributed by atoms with Gasteiger partial charge in [0.05, 0.1) is 0 Å². The number of hydrogen-bond donors (Lipinski definition) is 0. The molecule has 0 nitrogen and oxygen atoms in total. The van der Waals surface area contributed by atoms with Crippen LogP contribution in [-0.4, -0.2) is 20.9 Å². The van der Waals surface area contributed by atoms with Crippen molar-refractivity contribution in [3.8, 4) is 0 Å². The van der Waals surface area contributed by atoms with Crippen LogP contribution >= 0.6 is 0 Å². The van der Waals surface area contributed by atoms with Gasteiger partial charge in [0.25, 0.3) is 0 Å². The van der Waals surface area contributed by atoms with Gasteiger partial charge < -0.3 is 0 Å². The van der Waals surface area contributed by atoms with Crippen molar-refractivity contribution >= 4 is 30.6 Å².